The first-order chi connectivity index (χ1) is 9.95. The van der Waals surface area contributed by atoms with Crippen LogP contribution in [0.4, 0.5) is 5.69 Å². The van der Waals surface area contributed by atoms with E-state index in [2.05, 4.69) is 5.16 Å². The zero-order chi connectivity index (χ0) is 15.0. The van der Waals surface area contributed by atoms with Crippen molar-refractivity contribution in [1.29, 1.82) is 0 Å². The predicted molar refractivity (Wildman–Crippen MR) is 77.4 cm³/mol. The fraction of sp³-hybridized carbons (Fsp3) is 0.357. The Morgan fingerprint density at radius 1 is 1.43 bits per heavy atom. The van der Waals surface area contributed by atoms with Crippen LogP contribution in [-0.4, -0.2) is 31.3 Å². The summed E-state index contributed by atoms with van der Waals surface area (Å²) in [5.74, 6) is 0.0274. The molecule has 0 bridgehead atoms. The molecule has 7 heteroatoms. The van der Waals surface area contributed by atoms with Gasteiger partial charge in [-0.3, -0.25) is 4.31 Å². The molecule has 0 saturated carbocycles. The van der Waals surface area contributed by atoms with Gasteiger partial charge in [-0.15, -0.1) is 0 Å². The number of aliphatic hydroxyl groups excluding tert-OH is 1. The first kappa shape index (κ1) is 14.1. The second-order valence-electron chi connectivity index (χ2n) is 5.21. The number of nitrogens with zero attached hydrogens (tertiary/aromatic N) is 2. The maximum atomic E-state index is 12.6. The number of anilines is 1. The van der Waals surface area contributed by atoms with Gasteiger partial charge in [-0.25, -0.2) is 8.42 Å². The van der Waals surface area contributed by atoms with Crippen molar-refractivity contribution in [2.45, 2.75) is 25.2 Å². The molecule has 0 saturated heterocycles. The molecular weight excluding hydrogens is 292 g/mol. The third-order valence-corrected chi connectivity index (χ3v) is 5.10. The van der Waals surface area contributed by atoms with Gasteiger partial charge in [-0.05, 0) is 18.6 Å². The van der Waals surface area contributed by atoms with E-state index in [9.17, 15) is 13.5 Å². The Morgan fingerprint density at radius 3 is 2.90 bits per heavy atom. The average molecular weight is 308 g/mol. The first-order valence-corrected chi connectivity index (χ1v) is 8.25. The van der Waals surface area contributed by atoms with Gasteiger partial charge in [0.05, 0.1) is 24.0 Å². The molecule has 112 valence electrons. The molecule has 1 atom stereocenters. The highest BCUT2D eigenvalue weighted by molar-refractivity contribution is 7.92. The molecule has 0 radical (unpaired) electrons. The smallest absolute Gasteiger partial charge is 0.242 e. The van der Waals surface area contributed by atoms with Crippen LogP contribution in [0, 0.1) is 6.92 Å². The van der Waals surface area contributed by atoms with Crippen molar-refractivity contribution in [3.8, 4) is 0 Å². The second-order valence-corrected chi connectivity index (χ2v) is 7.10. The topological polar surface area (TPSA) is 83.6 Å². The highest BCUT2D eigenvalue weighted by atomic mass is 32.2. The summed E-state index contributed by atoms with van der Waals surface area (Å²) in [6, 6.07) is 8.81. The van der Waals surface area contributed by atoms with Crippen molar-refractivity contribution in [1.82, 2.24) is 5.16 Å². The van der Waals surface area contributed by atoms with Crippen molar-refractivity contribution in [2.24, 2.45) is 0 Å². The Labute approximate surface area is 123 Å². The molecule has 1 unspecified atom stereocenters. The minimum absolute atomic E-state index is 0.0620. The summed E-state index contributed by atoms with van der Waals surface area (Å²) in [6.07, 6.45) is -0.241. The molecular formula is C14H16N2O4S. The second kappa shape index (κ2) is 5.16. The lowest BCUT2D eigenvalue weighted by molar-refractivity contribution is 0.180. The summed E-state index contributed by atoms with van der Waals surface area (Å²) in [5.41, 5.74) is 2.09. The van der Waals surface area contributed by atoms with Crippen LogP contribution in [0.3, 0.4) is 0 Å². The predicted octanol–water partition coefficient (Wildman–Crippen LogP) is 1.24. The van der Waals surface area contributed by atoms with Crippen LogP contribution in [0.25, 0.3) is 0 Å². The van der Waals surface area contributed by atoms with Crippen molar-refractivity contribution < 1.29 is 18.0 Å². The molecule has 1 aliphatic heterocycles. The van der Waals surface area contributed by atoms with Crippen LogP contribution in [0.2, 0.25) is 0 Å². The van der Waals surface area contributed by atoms with E-state index in [0.717, 1.165) is 5.56 Å². The summed E-state index contributed by atoms with van der Waals surface area (Å²) >= 11 is 0. The third-order valence-electron chi connectivity index (χ3n) is 3.43. The van der Waals surface area contributed by atoms with Crippen molar-refractivity contribution in [3.05, 3.63) is 47.3 Å². The molecule has 1 N–H and O–H groups in total. The van der Waals surface area contributed by atoms with E-state index in [1.165, 1.54) is 4.31 Å². The molecule has 0 aliphatic carbocycles. The van der Waals surface area contributed by atoms with Gasteiger partial charge in [0, 0.05) is 12.5 Å². The highest BCUT2D eigenvalue weighted by Crippen LogP contribution is 2.30. The zero-order valence-corrected chi connectivity index (χ0v) is 12.4. The number of aryl methyl sites for hydroxylation is 1. The molecule has 1 aliphatic rings. The average Bonchev–Trinajstić information content (AvgIpc) is 2.82. The lowest BCUT2D eigenvalue weighted by Crippen LogP contribution is -2.42. The van der Waals surface area contributed by atoms with E-state index in [-0.39, 0.29) is 12.3 Å². The number of hydrogen-bond acceptors (Lipinski definition) is 5. The SMILES string of the molecule is Cc1cc(CS(=O)(=O)N2CC(O)Cc3ccccc32)on1. The fourth-order valence-electron chi connectivity index (χ4n) is 2.54. The fourth-order valence-corrected chi connectivity index (χ4v) is 4.07. The van der Waals surface area contributed by atoms with Gasteiger partial charge in [0.15, 0.2) is 5.76 Å². The number of β-amino-alcohol motifs (C(OH)–C–C–N with tert-alkyl or cyclic N) is 1. The number of fused-ring (bicyclic) bond motifs is 1. The molecule has 21 heavy (non-hydrogen) atoms. The number of para-hydroxylation sites is 1. The molecule has 1 aromatic heterocycles. The third kappa shape index (κ3) is 2.79. The Morgan fingerprint density at radius 2 is 2.19 bits per heavy atom. The molecule has 2 heterocycles. The normalized spacial score (nSPS) is 18.6. The standard InChI is InChI=1S/C14H16N2O4S/c1-10-6-13(20-15-10)9-21(18,19)16-8-12(17)7-11-4-2-3-5-14(11)16/h2-6,12,17H,7-9H2,1H3. The van der Waals surface area contributed by atoms with E-state index >= 15 is 0 Å². The zero-order valence-electron chi connectivity index (χ0n) is 11.6. The summed E-state index contributed by atoms with van der Waals surface area (Å²) in [5, 5.41) is 13.6. The molecule has 1 aromatic carbocycles. The number of aromatic nitrogens is 1. The maximum absolute atomic E-state index is 12.6. The van der Waals surface area contributed by atoms with Crippen LogP contribution >= 0.6 is 0 Å². The minimum atomic E-state index is -3.63. The van der Waals surface area contributed by atoms with Gasteiger partial charge >= 0.3 is 0 Å². The van der Waals surface area contributed by atoms with E-state index < -0.39 is 16.1 Å². The summed E-state index contributed by atoms with van der Waals surface area (Å²) in [7, 11) is -3.63. The molecule has 6 nitrogen and oxygen atoms in total. The van der Waals surface area contributed by atoms with Crippen LogP contribution in [0.1, 0.15) is 17.0 Å². The van der Waals surface area contributed by atoms with Crippen LogP contribution < -0.4 is 4.31 Å². The van der Waals surface area contributed by atoms with E-state index in [4.69, 9.17) is 4.52 Å². The number of rotatable bonds is 3. The van der Waals surface area contributed by atoms with Gasteiger partial charge in [0.25, 0.3) is 0 Å². The Kier molecular flexibility index (Phi) is 3.46. The molecule has 3 rings (SSSR count). The van der Waals surface area contributed by atoms with Crippen LogP contribution in [-0.2, 0) is 22.2 Å². The van der Waals surface area contributed by atoms with Gasteiger partial charge in [0.1, 0.15) is 5.75 Å². The number of hydrogen-bond donors (Lipinski definition) is 1. The highest BCUT2D eigenvalue weighted by Gasteiger charge is 2.32. The summed E-state index contributed by atoms with van der Waals surface area (Å²) < 4.78 is 31.4. The monoisotopic (exact) mass is 308 g/mol. The quantitative estimate of drug-likeness (QED) is 0.922. The Bertz CT molecular complexity index is 754. The number of sulfonamides is 1. The largest absolute Gasteiger partial charge is 0.391 e. The molecule has 0 spiro atoms. The summed E-state index contributed by atoms with van der Waals surface area (Å²) in [6.45, 7) is 1.80. The van der Waals surface area contributed by atoms with Gasteiger partial charge < -0.3 is 9.63 Å². The van der Waals surface area contributed by atoms with Crippen molar-refractivity contribution in [3.63, 3.8) is 0 Å². The lowest BCUT2D eigenvalue weighted by Gasteiger charge is -2.32. The summed E-state index contributed by atoms with van der Waals surface area (Å²) in [4.78, 5) is 0. The van der Waals surface area contributed by atoms with E-state index in [1.807, 2.05) is 12.1 Å². The van der Waals surface area contributed by atoms with E-state index in [0.29, 0.717) is 23.6 Å². The Hall–Kier alpha value is -1.86. The molecule has 0 fully saturated rings. The van der Waals surface area contributed by atoms with Crippen molar-refractivity contribution in [2.75, 3.05) is 10.8 Å². The molecule has 0 amide bonds. The van der Waals surface area contributed by atoms with Crippen LogP contribution in [0.5, 0.6) is 0 Å². The van der Waals surface area contributed by atoms with Gasteiger partial charge in [-0.1, -0.05) is 23.4 Å². The first-order valence-electron chi connectivity index (χ1n) is 6.64. The van der Waals surface area contributed by atoms with Gasteiger partial charge in [0.2, 0.25) is 10.0 Å². The minimum Gasteiger partial charge on any atom is -0.391 e. The lowest BCUT2D eigenvalue weighted by atomic mass is 10.0. The molecule has 2 aromatic rings. The Balaban J connectivity index is 1.95. The number of aliphatic hydroxyl groups is 1. The van der Waals surface area contributed by atoms with Crippen molar-refractivity contribution >= 4 is 15.7 Å². The van der Waals surface area contributed by atoms with Crippen LogP contribution in [0.15, 0.2) is 34.9 Å². The van der Waals surface area contributed by atoms with Gasteiger partial charge in [-0.2, -0.15) is 0 Å². The maximum Gasteiger partial charge on any atom is 0.242 e. The number of benzene rings is 1. The van der Waals surface area contributed by atoms with E-state index in [1.54, 1.807) is 25.1 Å².